The fourth-order valence-corrected chi connectivity index (χ4v) is 4.35. The number of methoxy groups -OCH3 is 2. The topological polar surface area (TPSA) is 48.0 Å². The summed E-state index contributed by atoms with van der Waals surface area (Å²) in [6.45, 7) is 7.65. The van der Waals surface area contributed by atoms with Crippen LogP contribution in [0.5, 0.6) is 11.5 Å². The van der Waals surface area contributed by atoms with Gasteiger partial charge in [0.05, 0.1) is 22.3 Å². The first-order valence-electron chi connectivity index (χ1n) is 9.49. The lowest BCUT2D eigenvalue weighted by Crippen LogP contribution is -2.44. The minimum atomic E-state index is -1.48. The summed E-state index contributed by atoms with van der Waals surface area (Å²) in [4.78, 5) is 14.6. The molecule has 0 fully saturated rings. The minimum Gasteiger partial charge on any atom is -0.493 e. The van der Waals surface area contributed by atoms with Gasteiger partial charge in [-0.2, -0.15) is 0 Å². The van der Waals surface area contributed by atoms with Crippen molar-refractivity contribution in [2.75, 3.05) is 26.9 Å². The molecule has 0 aliphatic heterocycles. The molecular weight excluding hydrogens is 370 g/mol. The number of hydrogen-bond acceptors (Lipinski definition) is 4. The predicted octanol–water partition coefficient (Wildman–Crippen LogP) is 4.76. The van der Waals surface area contributed by atoms with E-state index in [1.54, 1.807) is 14.2 Å². The first kappa shape index (κ1) is 21.8. The van der Waals surface area contributed by atoms with E-state index >= 15 is 0 Å². The van der Waals surface area contributed by atoms with Gasteiger partial charge in [-0.15, -0.1) is 0 Å². The van der Waals surface area contributed by atoms with Crippen LogP contribution in [0.3, 0.4) is 0 Å². The Balaban J connectivity index is 2.03. The molecule has 0 aliphatic carbocycles. The molecule has 0 aliphatic rings. The van der Waals surface area contributed by atoms with Gasteiger partial charge >= 0.3 is 6.09 Å². The molecule has 2 rings (SSSR count). The van der Waals surface area contributed by atoms with Crippen LogP contribution in [0.25, 0.3) is 0 Å². The van der Waals surface area contributed by atoms with Gasteiger partial charge in [0.2, 0.25) is 0 Å². The summed E-state index contributed by atoms with van der Waals surface area (Å²) in [6.07, 6.45) is 1.23. The van der Waals surface area contributed by atoms with E-state index in [1.165, 1.54) is 0 Å². The zero-order valence-electron chi connectivity index (χ0n) is 17.5. The van der Waals surface area contributed by atoms with Gasteiger partial charge < -0.3 is 19.1 Å². The normalized spacial score (nSPS) is 11.0. The molecule has 0 unspecified atom stereocenters. The van der Waals surface area contributed by atoms with Gasteiger partial charge in [0.15, 0.2) is 11.5 Å². The molecule has 0 atom stereocenters. The Morgan fingerprint density at radius 2 is 1.61 bits per heavy atom. The third-order valence-corrected chi connectivity index (χ3v) is 5.58. The lowest BCUT2D eigenvalue weighted by Gasteiger charge is -2.28. The summed E-state index contributed by atoms with van der Waals surface area (Å²) < 4.78 is 16.2. The number of rotatable bonds is 9. The van der Waals surface area contributed by atoms with Gasteiger partial charge in [-0.25, -0.2) is 4.79 Å². The number of carbonyl (C=O) groups excluding carboxylic acids is 1. The zero-order chi connectivity index (χ0) is 20.6. The number of nitrogens with zero attached hydrogens (tertiary/aromatic N) is 1. The quantitative estimate of drug-likeness (QED) is 0.568. The second-order valence-corrected chi connectivity index (χ2v) is 13.4. The Bertz CT molecular complexity index is 759. The summed E-state index contributed by atoms with van der Waals surface area (Å²) >= 11 is 0. The van der Waals surface area contributed by atoms with Crippen LogP contribution in [0.15, 0.2) is 48.5 Å². The minimum absolute atomic E-state index is 0.258. The fraction of sp³-hybridized carbons (Fsp3) is 0.409. The van der Waals surface area contributed by atoms with E-state index in [1.807, 2.05) is 53.4 Å². The second kappa shape index (κ2) is 10.2. The predicted molar refractivity (Wildman–Crippen MR) is 115 cm³/mol. The van der Waals surface area contributed by atoms with Crippen molar-refractivity contribution in [3.8, 4) is 11.5 Å². The molecule has 0 N–H and O–H groups in total. The third kappa shape index (κ3) is 6.92. The smallest absolute Gasteiger partial charge is 0.409 e. The highest BCUT2D eigenvalue weighted by molar-refractivity contribution is 6.76. The van der Waals surface area contributed by atoms with Crippen molar-refractivity contribution >= 4 is 14.2 Å². The van der Waals surface area contributed by atoms with Gasteiger partial charge in [0.25, 0.3) is 0 Å². The molecule has 152 valence electrons. The summed E-state index contributed by atoms with van der Waals surface area (Å²) in [7, 11) is 1.76. The number of benzene rings is 2. The molecule has 0 saturated heterocycles. The molecular formula is C22H31NO4Si. The average molecular weight is 402 g/mol. The molecule has 0 radical (unpaired) electrons. The first-order chi connectivity index (χ1) is 13.3. The molecule has 0 spiro atoms. The van der Waals surface area contributed by atoms with E-state index in [9.17, 15) is 4.79 Å². The second-order valence-electron chi connectivity index (χ2n) is 7.96. The summed E-state index contributed by atoms with van der Waals surface area (Å²) in [5.74, 6) is 1.40. The van der Waals surface area contributed by atoms with E-state index in [2.05, 4.69) is 19.6 Å². The highest BCUT2D eigenvalue weighted by Crippen LogP contribution is 2.27. The Kier molecular flexibility index (Phi) is 7.93. The molecule has 1 amide bonds. The third-order valence-electron chi connectivity index (χ3n) is 4.25. The van der Waals surface area contributed by atoms with Gasteiger partial charge in [-0.3, -0.25) is 0 Å². The number of ether oxygens (including phenoxy) is 3. The molecule has 0 saturated carbocycles. The maximum Gasteiger partial charge on any atom is 0.409 e. The van der Waals surface area contributed by atoms with E-state index in [4.69, 9.17) is 14.2 Å². The van der Waals surface area contributed by atoms with Crippen LogP contribution in [-0.2, 0) is 17.8 Å². The molecule has 2 aromatic carbocycles. The van der Waals surface area contributed by atoms with Crippen molar-refractivity contribution < 1.29 is 19.0 Å². The van der Waals surface area contributed by atoms with Crippen molar-refractivity contribution in [2.24, 2.45) is 0 Å². The van der Waals surface area contributed by atoms with Crippen molar-refractivity contribution in [2.45, 2.75) is 32.7 Å². The molecule has 5 nitrogen and oxygen atoms in total. The lowest BCUT2D eigenvalue weighted by atomic mass is 10.1. The Morgan fingerprint density at radius 3 is 2.21 bits per heavy atom. The maximum atomic E-state index is 12.7. The summed E-state index contributed by atoms with van der Waals surface area (Å²) in [5, 5.41) is 0. The zero-order valence-corrected chi connectivity index (χ0v) is 18.5. The van der Waals surface area contributed by atoms with Crippen LogP contribution in [0.2, 0.25) is 19.6 Å². The SMILES string of the molecule is COc1ccc(CCN(C[Si](C)(C)C)C(=O)OCc2ccccc2)cc1OC. The monoisotopic (exact) mass is 401 g/mol. The van der Waals surface area contributed by atoms with Gasteiger partial charge in [0, 0.05) is 12.7 Å². The van der Waals surface area contributed by atoms with Crippen molar-refractivity contribution in [1.29, 1.82) is 0 Å². The van der Waals surface area contributed by atoms with Crippen molar-refractivity contribution in [1.82, 2.24) is 4.90 Å². The number of carbonyl (C=O) groups is 1. The van der Waals surface area contributed by atoms with Gasteiger partial charge in [-0.05, 0) is 29.7 Å². The largest absolute Gasteiger partial charge is 0.493 e. The Morgan fingerprint density at radius 1 is 0.929 bits per heavy atom. The summed E-state index contributed by atoms with van der Waals surface area (Å²) in [5.41, 5.74) is 2.08. The molecule has 0 bridgehead atoms. The van der Waals surface area contributed by atoms with E-state index < -0.39 is 8.07 Å². The van der Waals surface area contributed by atoms with E-state index in [-0.39, 0.29) is 12.7 Å². The van der Waals surface area contributed by atoms with Gasteiger partial charge in [-0.1, -0.05) is 56.0 Å². The molecule has 2 aromatic rings. The Labute approximate surface area is 169 Å². The average Bonchev–Trinajstić information content (AvgIpc) is 2.69. The van der Waals surface area contributed by atoms with Gasteiger partial charge in [0.1, 0.15) is 6.61 Å². The standard InChI is InChI=1S/C22H31NO4Si/c1-25-20-12-11-18(15-21(20)26-2)13-14-23(17-28(3,4)5)22(24)27-16-19-9-7-6-8-10-19/h6-12,15H,13-14,16-17H2,1-5H3. The molecule has 0 aromatic heterocycles. The highest BCUT2D eigenvalue weighted by atomic mass is 28.3. The van der Waals surface area contributed by atoms with Crippen LogP contribution in [0.4, 0.5) is 4.79 Å². The molecule has 0 heterocycles. The van der Waals surface area contributed by atoms with E-state index in [0.717, 1.165) is 23.7 Å². The van der Waals surface area contributed by atoms with Crippen molar-refractivity contribution in [3.63, 3.8) is 0 Å². The first-order valence-corrected chi connectivity index (χ1v) is 13.2. The number of hydrogen-bond donors (Lipinski definition) is 0. The highest BCUT2D eigenvalue weighted by Gasteiger charge is 2.23. The lowest BCUT2D eigenvalue weighted by molar-refractivity contribution is 0.102. The van der Waals surface area contributed by atoms with Crippen molar-refractivity contribution in [3.05, 3.63) is 59.7 Å². The van der Waals surface area contributed by atoms with Crippen LogP contribution in [0, 0.1) is 0 Å². The molecule has 6 heteroatoms. The fourth-order valence-electron chi connectivity index (χ4n) is 2.92. The molecule has 28 heavy (non-hydrogen) atoms. The van der Waals surface area contributed by atoms with Crippen LogP contribution < -0.4 is 9.47 Å². The Hall–Kier alpha value is -2.47. The number of amides is 1. The summed E-state index contributed by atoms with van der Waals surface area (Å²) in [6, 6.07) is 15.6. The maximum absolute atomic E-state index is 12.7. The van der Waals surface area contributed by atoms with Crippen LogP contribution in [0.1, 0.15) is 11.1 Å². The van der Waals surface area contributed by atoms with Crippen LogP contribution >= 0.6 is 0 Å². The van der Waals surface area contributed by atoms with Crippen LogP contribution in [-0.4, -0.2) is 46.0 Å². The van der Waals surface area contributed by atoms with E-state index in [0.29, 0.717) is 18.0 Å².